The molecule has 0 saturated carbocycles. The molecule has 1 nitrogen and oxygen atoms in total. The van der Waals surface area contributed by atoms with Gasteiger partial charge in [0.05, 0.1) is 0 Å². The molecule has 0 amide bonds. The first kappa shape index (κ1) is 8.57. The van der Waals surface area contributed by atoms with E-state index in [9.17, 15) is 0 Å². The molecule has 0 fully saturated rings. The quantitative estimate of drug-likeness (QED) is 0.722. The van der Waals surface area contributed by atoms with Crippen LogP contribution in [0.25, 0.3) is 0 Å². The predicted molar refractivity (Wildman–Crippen MR) is 48.9 cm³/mol. The van der Waals surface area contributed by atoms with E-state index in [0.29, 0.717) is 6.54 Å². The van der Waals surface area contributed by atoms with Crippen LogP contribution < -0.4 is 5.73 Å². The van der Waals surface area contributed by atoms with Crippen molar-refractivity contribution in [1.29, 1.82) is 0 Å². The Bertz CT molecular complexity index is 245. The van der Waals surface area contributed by atoms with Crippen LogP contribution in [0, 0.1) is 6.92 Å². The SMILES string of the molecule is Cc1cc(CCN)ccc1Cl. The highest BCUT2D eigenvalue weighted by molar-refractivity contribution is 6.31. The van der Waals surface area contributed by atoms with Gasteiger partial charge in [0.15, 0.2) is 0 Å². The molecule has 1 rings (SSSR count). The van der Waals surface area contributed by atoms with E-state index in [-0.39, 0.29) is 0 Å². The lowest BCUT2D eigenvalue weighted by Gasteiger charge is -2.01. The Morgan fingerprint density at radius 1 is 1.45 bits per heavy atom. The summed E-state index contributed by atoms with van der Waals surface area (Å²) in [5, 5.41) is 0.825. The third kappa shape index (κ3) is 2.21. The van der Waals surface area contributed by atoms with Crippen LogP contribution in [-0.4, -0.2) is 6.54 Å². The summed E-state index contributed by atoms with van der Waals surface area (Å²) in [5.74, 6) is 0. The first-order valence-corrected chi connectivity index (χ1v) is 4.07. The molecule has 0 heterocycles. The van der Waals surface area contributed by atoms with Crippen molar-refractivity contribution in [2.24, 2.45) is 5.73 Å². The monoisotopic (exact) mass is 169 g/mol. The zero-order valence-corrected chi connectivity index (χ0v) is 7.36. The Kier molecular flexibility index (Phi) is 2.92. The van der Waals surface area contributed by atoms with Gasteiger partial charge in [-0.3, -0.25) is 0 Å². The molecule has 0 bridgehead atoms. The van der Waals surface area contributed by atoms with Gasteiger partial charge in [-0.2, -0.15) is 0 Å². The summed E-state index contributed by atoms with van der Waals surface area (Å²) in [6, 6.07) is 6.01. The molecule has 0 unspecified atom stereocenters. The first-order valence-electron chi connectivity index (χ1n) is 3.69. The van der Waals surface area contributed by atoms with Gasteiger partial charge in [-0.1, -0.05) is 23.7 Å². The van der Waals surface area contributed by atoms with E-state index in [2.05, 4.69) is 6.07 Å². The third-order valence-electron chi connectivity index (χ3n) is 1.66. The summed E-state index contributed by atoms with van der Waals surface area (Å²) in [7, 11) is 0. The zero-order chi connectivity index (χ0) is 8.27. The molecule has 0 saturated heterocycles. The first-order chi connectivity index (χ1) is 5.24. The van der Waals surface area contributed by atoms with Crippen LogP contribution in [0.2, 0.25) is 5.02 Å². The highest BCUT2D eigenvalue weighted by atomic mass is 35.5. The Hall–Kier alpha value is -0.530. The third-order valence-corrected chi connectivity index (χ3v) is 2.08. The van der Waals surface area contributed by atoms with E-state index in [0.717, 1.165) is 17.0 Å². The second-order valence-corrected chi connectivity index (χ2v) is 3.03. The number of nitrogens with two attached hydrogens (primary N) is 1. The molecule has 0 aliphatic carbocycles. The summed E-state index contributed by atoms with van der Waals surface area (Å²) in [5.41, 5.74) is 7.80. The number of benzene rings is 1. The summed E-state index contributed by atoms with van der Waals surface area (Å²) in [4.78, 5) is 0. The molecule has 1 aromatic rings. The summed E-state index contributed by atoms with van der Waals surface area (Å²) < 4.78 is 0. The van der Waals surface area contributed by atoms with Crippen LogP contribution in [0.4, 0.5) is 0 Å². The van der Waals surface area contributed by atoms with Gasteiger partial charge < -0.3 is 5.73 Å². The van der Waals surface area contributed by atoms with Gasteiger partial charge in [0.1, 0.15) is 0 Å². The highest BCUT2D eigenvalue weighted by Crippen LogP contribution is 2.16. The molecule has 60 valence electrons. The largest absolute Gasteiger partial charge is 0.330 e. The average Bonchev–Trinajstić information content (AvgIpc) is 1.98. The fourth-order valence-corrected chi connectivity index (χ4v) is 1.15. The predicted octanol–water partition coefficient (Wildman–Crippen LogP) is 2.15. The van der Waals surface area contributed by atoms with Gasteiger partial charge in [-0.05, 0) is 37.1 Å². The van der Waals surface area contributed by atoms with E-state index < -0.39 is 0 Å². The van der Waals surface area contributed by atoms with Gasteiger partial charge >= 0.3 is 0 Å². The second kappa shape index (κ2) is 3.74. The van der Waals surface area contributed by atoms with Crippen molar-refractivity contribution >= 4 is 11.6 Å². The molecule has 0 aromatic heterocycles. The Labute approximate surface area is 72.2 Å². The van der Waals surface area contributed by atoms with Gasteiger partial charge in [0.25, 0.3) is 0 Å². The zero-order valence-electron chi connectivity index (χ0n) is 6.60. The molecule has 0 atom stereocenters. The van der Waals surface area contributed by atoms with Gasteiger partial charge in [0.2, 0.25) is 0 Å². The minimum Gasteiger partial charge on any atom is -0.330 e. The van der Waals surface area contributed by atoms with Crippen molar-refractivity contribution in [1.82, 2.24) is 0 Å². The molecule has 0 aliphatic heterocycles. The lowest BCUT2D eigenvalue weighted by molar-refractivity contribution is 0.967. The minimum absolute atomic E-state index is 0.696. The van der Waals surface area contributed by atoms with Crippen LogP contribution in [0.5, 0.6) is 0 Å². The smallest absolute Gasteiger partial charge is 0.0435 e. The maximum atomic E-state index is 5.85. The lowest BCUT2D eigenvalue weighted by Crippen LogP contribution is -2.02. The maximum absolute atomic E-state index is 5.85. The number of aryl methyl sites for hydroxylation is 1. The van der Waals surface area contributed by atoms with Crippen molar-refractivity contribution < 1.29 is 0 Å². The van der Waals surface area contributed by atoms with Gasteiger partial charge in [-0.25, -0.2) is 0 Å². The Balaban J connectivity index is 2.86. The number of rotatable bonds is 2. The number of hydrogen-bond donors (Lipinski definition) is 1. The van der Waals surface area contributed by atoms with E-state index in [4.69, 9.17) is 17.3 Å². The van der Waals surface area contributed by atoms with Crippen LogP contribution >= 0.6 is 11.6 Å². The van der Waals surface area contributed by atoms with E-state index in [1.807, 2.05) is 19.1 Å². The van der Waals surface area contributed by atoms with Crippen LogP contribution in [0.3, 0.4) is 0 Å². The molecule has 0 spiro atoms. The average molecular weight is 170 g/mol. The summed E-state index contributed by atoms with van der Waals surface area (Å²) in [6.07, 6.45) is 0.929. The number of halogens is 1. The topological polar surface area (TPSA) is 26.0 Å². The highest BCUT2D eigenvalue weighted by Gasteiger charge is 1.95. The van der Waals surface area contributed by atoms with E-state index >= 15 is 0 Å². The standard InChI is InChI=1S/C9H12ClN/c1-7-6-8(4-5-11)2-3-9(7)10/h2-3,6H,4-5,11H2,1H3. The molecule has 0 radical (unpaired) electrons. The van der Waals surface area contributed by atoms with Crippen molar-refractivity contribution in [3.8, 4) is 0 Å². The van der Waals surface area contributed by atoms with Crippen LogP contribution in [0.1, 0.15) is 11.1 Å². The van der Waals surface area contributed by atoms with Crippen molar-refractivity contribution in [2.75, 3.05) is 6.54 Å². The number of hydrogen-bond acceptors (Lipinski definition) is 1. The van der Waals surface area contributed by atoms with Gasteiger partial charge in [0, 0.05) is 5.02 Å². The molecule has 1 aromatic carbocycles. The van der Waals surface area contributed by atoms with Crippen molar-refractivity contribution in [3.05, 3.63) is 34.3 Å². The minimum atomic E-state index is 0.696. The molecule has 2 heteroatoms. The Morgan fingerprint density at radius 2 is 2.18 bits per heavy atom. The Morgan fingerprint density at radius 3 is 2.73 bits per heavy atom. The normalized spacial score (nSPS) is 10.1. The summed E-state index contributed by atoms with van der Waals surface area (Å²) >= 11 is 5.85. The molecule has 0 aliphatic rings. The lowest BCUT2D eigenvalue weighted by atomic mass is 10.1. The second-order valence-electron chi connectivity index (χ2n) is 2.62. The molecule has 2 N–H and O–H groups in total. The van der Waals surface area contributed by atoms with Crippen molar-refractivity contribution in [3.63, 3.8) is 0 Å². The molecular formula is C9H12ClN. The molecular weight excluding hydrogens is 158 g/mol. The van der Waals surface area contributed by atoms with Gasteiger partial charge in [-0.15, -0.1) is 0 Å². The van der Waals surface area contributed by atoms with Crippen LogP contribution in [0.15, 0.2) is 18.2 Å². The van der Waals surface area contributed by atoms with Crippen molar-refractivity contribution in [2.45, 2.75) is 13.3 Å². The maximum Gasteiger partial charge on any atom is 0.0435 e. The van der Waals surface area contributed by atoms with E-state index in [1.165, 1.54) is 5.56 Å². The van der Waals surface area contributed by atoms with Crippen LogP contribution in [-0.2, 0) is 6.42 Å². The summed E-state index contributed by atoms with van der Waals surface area (Å²) in [6.45, 7) is 2.70. The van der Waals surface area contributed by atoms with E-state index in [1.54, 1.807) is 0 Å². The fraction of sp³-hybridized carbons (Fsp3) is 0.333. The molecule has 11 heavy (non-hydrogen) atoms. The fourth-order valence-electron chi connectivity index (χ4n) is 1.03.